The molecule has 38 heavy (non-hydrogen) atoms. The fourth-order valence-corrected chi connectivity index (χ4v) is 6.19. The van der Waals surface area contributed by atoms with Crippen molar-refractivity contribution in [1.82, 2.24) is 35.6 Å². The van der Waals surface area contributed by atoms with Crippen LogP contribution >= 0.6 is 35.3 Å². The van der Waals surface area contributed by atoms with Crippen molar-refractivity contribution in [1.29, 1.82) is 0 Å². The van der Waals surface area contributed by atoms with Gasteiger partial charge in [-0.3, -0.25) is 19.3 Å². The third kappa shape index (κ3) is 5.90. The zero-order valence-corrected chi connectivity index (χ0v) is 23.6. The van der Waals surface area contributed by atoms with Gasteiger partial charge in [0.2, 0.25) is 5.91 Å². The Kier molecular flexibility index (Phi) is 8.51. The van der Waals surface area contributed by atoms with Gasteiger partial charge in [0, 0.05) is 54.4 Å². The van der Waals surface area contributed by atoms with E-state index in [9.17, 15) is 14.4 Å². The van der Waals surface area contributed by atoms with Gasteiger partial charge in [0.05, 0.1) is 17.3 Å². The molecule has 1 aliphatic heterocycles. The second-order valence-corrected chi connectivity index (χ2v) is 11.4. The van der Waals surface area contributed by atoms with Gasteiger partial charge in [-0.15, -0.1) is 33.9 Å². The fraction of sp³-hybridized carbons (Fsp3) is 0.440. The van der Waals surface area contributed by atoms with E-state index < -0.39 is 6.04 Å². The minimum absolute atomic E-state index is 0. The molecule has 1 aliphatic carbocycles. The lowest BCUT2D eigenvalue weighted by Crippen LogP contribution is -2.56. The van der Waals surface area contributed by atoms with Crippen LogP contribution in [0.4, 0.5) is 0 Å². The number of rotatable bonds is 5. The Bertz CT molecular complexity index is 1360. The van der Waals surface area contributed by atoms with Crippen molar-refractivity contribution in [3.8, 4) is 0 Å². The highest BCUT2D eigenvalue weighted by Crippen LogP contribution is 2.29. The van der Waals surface area contributed by atoms with Gasteiger partial charge in [-0.2, -0.15) is 0 Å². The molecular formula is C25H29Cl2N7O3S. The molecule has 2 aliphatic rings. The summed E-state index contributed by atoms with van der Waals surface area (Å²) < 4.78 is 0. The third-order valence-corrected chi connectivity index (χ3v) is 8.18. The highest BCUT2D eigenvalue weighted by atomic mass is 35.5. The lowest BCUT2D eigenvalue weighted by atomic mass is 9.81. The van der Waals surface area contributed by atoms with Crippen LogP contribution in [0, 0.1) is 5.92 Å². The molecule has 3 amide bonds. The van der Waals surface area contributed by atoms with E-state index in [0.717, 1.165) is 29.0 Å². The molecule has 0 radical (unpaired) electrons. The van der Waals surface area contributed by atoms with Crippen LogP contribution < -0.4 is 10.6 Å². The second-order valence-electron chi connectivity index (χ2n) is 9.90. The molecule has 3 heterocycles. The molecule has 1 aromatic carbocycles. The van der Waals surface area contributed by atoms with Crippen LogP contribution in [-0.4, -0.2) is 75.9 Å². The first-order valence-corrected chi connectivity index (χ1v) is 13.3. The van der Waals surface area contributed by atoms with Crippen LogP contribution in [-0.2, 0) is 17.9 Å². The zero-order valence-electron chi connectivity index (χ0n) is 21.2. The minimum atomic E-state index is -0.437. The first kappa shape index (κ1) is 28.2. The number of carbonyl (C=O) groups is 3. The van der Waals surface area contributed by atoms with Crippen LogP contribution in [0.3, 0.4) is 0 Å². The molecule has 5 rings (SSSR count). The Balaban J connectivity index is 0.00000336. The van der Waals surface area contributed by atoms with E-state index in [0.29, 0.717) is 34.8 Å². The maximum atomic E-state index is 13.2. The standard InChI is InChI=1S/C25H28ClN7O3S.ClH/c1-32(2)25(36)14-5-7-16(27-22(34)19-8-13-4-6-15(26)10-17(13)30-31-19)18(9-14)28-23(35)24-29-20-11-33(3)12-21(20)37-24;/h4,6,8,10,14,16,18H,5,7,9,11-12H2,1-3H3,(H,27,34)(H,28,35);1H/t14-,16-,18+;/m0./s1. The summed E-state index contributed by atoms with van der Waals surface area (Å²) >= 11 is 7.41. The Morgan fingerprint density at radius 2 is 1.82 bits per heavy atom. The summed E-state index contributed by atoms with van der Waals surface area (Å²) in [6.45, 7) is 1.50. The molecule has 2 aromatic heterocycles. The number of halogens is 2. The Morgan fingerprint density at radius 1 is 1.05 bits per heavy atom. The van der Waals surface area contributed by atoms with Crippen molar-refractivity contribution in [3.05, 3.63) is 50.6 Å². The summed E-state index contributed by atoms with van der Waals surface area (Å²) in [4.78, 5) is 48.3. The maximum Gasteiger partial charge on any atom is 0.280 e. The largest absolute Gasteiger partial charge is 0.349 e. The van der Waals surface area contributed by atoms with E-state index in [1.165, 1.54) is 11.3 Å². The summed E-state index contributed by atoms with van der Waals surface area (Å²) in [5.74, 6) is -0.901. The number of thiazole rings is 1. The van der Waals surface area contributed by atoms with E-state index in [1.807, 2.05) is 7.05 Å². The summed E-state index contributed by atoms with van der Waals surface area (Å²) in [5, 5.41) is 16.0. The van der Waals surface area contributed by atoms with Gasteiger partial charge in [0.15, 0.2) is 10.7 Å². The first-order valence-electron chi connectivity index (χ1n) is 12.1. The summed E-state index contributed by atoms with van der Waals surface area (Å²) in [5.41, 5.74) is 1.70. The molecule has 10 nitrogen and oxygen atoms in total. The minimum Gasteiger partial charge on any atom is -0.349 e. The number of fused-ring (bicyclic) bond motifs is 2. The number of aromatic nitrogens is 3. The summed E-state index contributed by atoms with van der Waals surface area (Å²) in [7, 11) is 5.47. The number of nitrogens with zero attached hydrogens (tertiary/aromatic N) is 5. The van der Waals surface area contributed by atoms with E-state index in [2.05, 4.69) is 30.7 Å². The predicted octanol–water partition coefficient (Wildman–Crippen LogP) is 2.89. The summed E-state index contributed by atoms with van der Waals surface area (Å²) in [6.07, 6.45) is 1.56. The van der Waals surface area contributed by atoms with Gasteiger partial charge < -0.3 is 15.5 Å². The van der Waals surface area contributed by atoms with E-state index in [4.69, 9.17) is 11.6 Å². The maximum absolute atomic E-state index is 13.2. The fourth-order valence-electron chi connectivity index (χ4n) is 4.97. The first-order chi connectivity index (χ1) is 17.7. The van der Waals surface area contributed by atoms with E-state index in [-0.39, 0.29) is 47.8 Å². The molecule has 3 atom stereocenters. The lowest BCUT2D eigenvalue weighted by molar-refractivity contribution is -0.134. The second kappa shape index (κ2) is 11.5. The molecule has 13 heteroatoms. The zero-order chi connectivity index (χ0) is 26.3. The van der Waals surface area contributed by atoms with Gasteiger partial charge in [0.25, 0.3) is 11.8 Å². The van der Waals surface area contributed by atoms with Crippen molar-refractivity contribution in [2.24, 2.45) is 5.92 Å². The summed E-state index contributed by atoms with van der Waals surface area (Å²) in [6, 6.07) is 6.06. The van der Waals surface area contributed by atoms with Gasteiger partial charge in [-0.25, -0.2) is 4.98 Å². The molecule has 0 saturated heterocycles. The van der Waals surface area contributed by atoms with Gasteiger partial charge in [-0.05, 0) is 44.5 Å². The van der Waals surface area contributed by atoms with Gasteiger partial charge in [0.1, 0.15) is 0 Å². The number of carbonyl (C=O) groups excluding carboxylic acids is 3. The van der Waals surface area contributed by atoms with Crippen LogP contribution in [0.5, 0.6) is 0 Å². The number of hydrogen-bond acceptors (Lipinski definition) is 8. The monoisotopic (exact) mass is 577 g/mol. The Morgan fingerprint density at radius 3 is 2.55 bits per heavy atom. The van der Waals surface area contributed by atoms with Crippen molar-refractivity contribution >= 4 is 64.0 Å². The number of benzene rings is 1. The quantitative estimate of drug-likeness (QED) is 0.478. The van der Waals surface area contributed by atoms with Crippen molar-refractivity contribution in [2.45, 2.75) is 44.4 Å². The highest BCUT2D eigenvalue weighted by molar-refractivity contribution is 7.13. The molecule has 1 fully saturated rings. The van der Waals surface area contributed by atoms with E-state index >= 15 is 0 Å². The van der Waals surface area contributed by atoms with E-state index in [1.54, 1.807) is 43.3 Å². The molecule has 2 N–H and O–H groups in total. The molecule has 1 saturated carbocycles. The average Bonchev–Trinajstić information content (AvgIpc) is 3.41. The third-order valence-electron chi connectivity index (χ3n) is 6.86. The molecule has 0 unspecified atom stereocenters. The van der Waals surface area contributed by atoms with Gasteiger partial charge >= 0.3 is 0 Å². The number of hydrogen-bond donors (Lipinski definition) is 2. The Hall–Kier alpha value is -2.86. The smallest absolute Gasteiger partial charge is 0.280 e. The molecule has 0 spiro atoms. The SMILES string of the molecule is CN1Cc2nc(C(=O)N[C@@H]3C[C@@H](C(=O)N(C)C)CC[C@@H]3NC(=O)c3cc4ccc(Cl)cc4nn3)sc2C1.Cl. The topological polar surface area (TPSA) is 120 Å². The average molecular weight is 579 g/mol. The van der Waals surface area contributed by atoms with Crippen molar-refractivity contribution in [3.63, 3.8) is 0 Å². The predicted molar refractivity (Wildman–Crippen MR) is 148 cm³/mol. The number of nitrogens with one attached hydrogen (secondary N) is 2. The Labute approximate surface area is 235 Å². The molecule has 202 valence electrons. The highest BCUT2D eigenvalue weighted by Gasteiger charge is 2.37. The van der Waals surface area contributed by atoms with Gasteiger partial charge in [-0.1, -0.05) is 17.7 Å². The normalized spacial score (nSPS) is 20.9. The molecule has 3 aromatic rings. The van der Waals surface area contributed by atoms with Crippen molar-refractivity contribution in [2.75, 3.05) is 21.1 Å². The number of amides is 3. The molecule has 0 bridgehead atoms. The van der Waals surface area contributed by atoms with Crippen LogP contribution in [0.15, 0.2) is 24.3 Å². The van der Waals surface area contributed by atoms with Crippen LogP contribution in [0.25, 0.3) is 10.9 Å². The van der Waals surface area contributed by atoms with Crippen molar-refractivity contribution < 1.29 is 14.4 Å². The van der Waals surface area contributed by atoms with Crippen LogP contribution in [0.1, 0.15) is 50.1 Å². The molecular weight excluding hydrogens is 549 g/mol. The van der Waals surface area contributed by atoms with Crippen LogP contribution in [0.2, 0.25) is 5.02 Å². The lowest BCUT2D eigenvalue weighted by Gasteiger charge is -2.37.